The van der Waals surface area contributed by atoms with Crippen molar-refractivity contribution in [3.8, 4) is 28.7 Å². The summed E-state index contributed by atoms with van der Waals surface area (Å²) in [6, 6.07) is 12.9. The molecule has 2 aromatic carbocycles. The number of hydrogen-bond acceptors (Lipinski definition) is 7. The van der Waals surface area contributed by atoms with Gasteiger partial charge in [0.1, 0.15) is 5.75 Å². The number of benzene rings is 2. The maximum absolute atomic E-state index is 11.4. The highest BCUT2D eigenvalue weighted by atomic mass is 16.7. The van der Waals surface area contributed by atoms with Crippen molar-refractivity contribution in [2.24, 2.45) is 5.90 Å². The van der Waals surface area contributed by atoms with Crippen LogP contribution in [0.5, 0.6) is 5.75 Å². The number of nitrogens with two attached hydrogens (primary N) is 1. The second-order valence-corrected chi connectivity index (χ2v) is 4.45. The van der Waals surface area contributed by atoms with Gasteiger partial charge >= 0.3 is 5.97 Å². The van der Waals surface area contributed by atoms with Gasteiger partial charge in [-0.15, -0.1) is 10.2 Å². The zero-order valence-electron chi connectivity index (χ0n) is 11.3. The van der Waals surface area contributed by atoms with Crippen LogP contribution in [0.25, 0.3) is 22.9 Å². The summed E-state index contributed by atoms with van der Waals surface area (Å²) >= 11 is 0. The first-order chi connectivity index (χ1) is 10.7. The molecule has 0 amide bonds. The Bertz CT molecular complexity index is 829. The normalized spacial score (nSPS) is 10.4. The van der Waals surface area contributed by atoms with E-state index in [2.05, 4.69) is 15.0 Å². The van der Waals surface area contributed by atoms with Crippen molar-refractivity contribution in [2.45, 2.75) is 0 Å². The number of phenolic OH excluding ortho intramolecular Hbond substituents is 1. The van der Waals surface area contributed by atoms with Crippen molar-refractivity contribution >= 4 is 5.97 Å². The summed E-state index contributed by atoms with van der Waals surface area (Å²) in [4.78, 5) is 15.6. The van der Waals surface area contributed by atoms with Crippen LogP contribution in [-0.2, 0) is 4.84 Å². The van der Waals surface area contributed by atoms with E-state index in [1.165, 1.54) is 12.1 Å². The molecule has 0 saturated heterocycles. The number of phenols is 1. The van der Waals surface area contributed by atoms with Crippen molar-refractivity contribution in [1.29, 1.82) is 0 Å². The molecule has 110 valence electrons. The van der Waals surface area contributed by atoms with E-state index >= 15 is 0 Å². The molecule has 0 aliphatic carbocycles. The number of rotatable bonds is 3. The zero-order chi connectivity index (χ0) is 15.5. The van der Waals surface area contributed by atoms with Crippen LogP contribution in [0.15, 0.2) is 52.9 Å². The summed E-state index contributed by atoms with van der Waals surface area (Å²) in [5, 5.41) is 17.3. The second-order valence-electron chi connectivity index (χ2n) is 4.45. The molecule has 0 aliphatic rings. The minimum atomic E-state index is -0.658. The van der Waals surface area contributed by atoms with Crippen LogP contribution in [0, 0.1) is 0 Å². The molecule has 0 radical (unpaired) electrons. The molecule has 7 heteroatoms. The van der Waals surface area contributed by atoms with Gasteiger partial charge in [0.2, 0.25) is 11.8 Å². The van der Waals surface area contributed by atoms with Gasteiger partial charge in [0.15, 0.2) is 0 Å². The van der Waals surface area contributed by atoms with Gasteiger partial charge in [0, 0.05) is 11.1 Å². The highest BCUT2D eigenvalue weighted by Gasteiger charge is 2.13. The van der Waals surface area contributed by atoms with E-state index in [1.807, 2.05) is 0 Å². The summed E-state index contributed by atoms with van der Waals surface area (Å²) in [6.07, 6.45) is 0. The van der Waals surface area contributed by atoms with E-state index in [0.29, 0.717) is 11.1 Å². The van der Waals surface area contributed by atoms with E-state index < -0.39 is 5.97 Å². The Morgan fingerprint density at radius 2 is 1.68 bits per heavy atom. The lowest BCUT2D eigenvalue weighted by atomic mass is 10.1. The van der Waals surface area contributed by atoms with Crippen molar-refractivity contribution < 1.29 is 19.2 Å². The summed E-state index contributed by atoms with van der Waals surface area (Å²) in [5.74, 6) is 4.81. The minimum absolute atomic E-state index is 0.102. The minimum Gasteiger partial charge on any atom is -0.508 e. The van der Waals surface area contributed by atoms with Crippen LogP contribution in [0.4, 0.5) is 0 Å². The maximum atomic E-state index is 11.4. The van der Waals surface area contributed by atoms with Crippen molar-refractivity contribution in [3.63, 3.8) is 0 Å². The van der Waals surface area contributed by atoms with E-state index in [1.54, 1.807) is 36.4 Å². The predicted octanol–water partition coefficient (Wildman–Crippen LogP) is 2.14. The molecular formula is C15H11N3O4. The molecule has 0 bridgehead atoms. The largest absolute Gasteiger partial charge is 0.508 e. The van der Waals surface area contributed by atoms with Gasteiger partial charge in [0.05, 0.1) is 5.56 Å². The van der Waals surface area contributed by atoms with E-state index in [0.717, 1.165) is 0 Å². The number of carbonyl (C=O) groups is 1. The third-order valence-electron chi connectivity index (χ3n) is 2.97. The highest BCUT2D eigenvalue weighted by molar-refractivity contribution is 5.90. The summed E-state index contributed by atoms with van der Waals surface area (Å²) in [6.45, 7) is 0. The Morgan fingerprint density at radius 1 is 1.05 bits per heavy atom. The molecule has 22 heavy (non-hydrogen) atoms. The fraction of sp³-hybridized carbons (Fsp3) is 0. The van der Waals surface area contributed by atoms with E-state index in [-0.39, 0.29) is 23.1 Å². The van der Waals surface area contributed by atoms with Crippen LogP contribution in [0.1, 0.15) is 10.4 Å². The number of aromatic nitrogens is 2. The molecule has 0 unspecified atom stereocenters. The Morgan fingerprint density at radius 3 is 2.32 bits per heavy atom. The number of hydrogen-bond donors (Lipinski definition) is 2. The molecule has 1 heterocycles. The van der Waals surface area contributed by atoms with Crippen molar-refractivity contribution in [2.75, 3.05) is 0 Å². The molecule has 0 fully saturated rings. The lowest BCUT2D eigenvalue weighted by Crippen LogP contribution is -2.09. The van der Waals surface area contributed by atoms with Crippen LogP contribution in [0.3, 0.4) is 0 Å². The first kappa shape index (κ1) is 13.8. The van der Waals surface area contributed by atoms with Crippen LogP contribution in [0.2, 0.25) is 0 Å². The Balaban J connectivity index is 1.96. The van der Waals surface area contributed by atoms with Crippen molar-refractivity contribution in [1.82, 2.24) is 10.2 Å². The average molecular weight is 297 g/mol. The number of carbonyl (C=O) groups excluding carboxylic acids is 1. The Labute approximate surface area is 124 Å². The van der Waals surface area contributed by atoms with Crippen LogP contribution < -0.4 is 5.90 Å². The first-order valence-corrected chi connectivity index (χ1v) is 6.32. The molecule has 0 spiro atoms. The lowest BCUT2D eigenvalue weighted by molar-refractivity contribution is 0.0503. The predicted molar refractivity (Wildman–Crippen MR) is 76.4 cm³/mol. The maximum Gasteiger partial charge on any atom is 0.356 e. The molecule has 0 saturated carbocycles. The topological polar surface area (TPSA) is 111 Å². The van der Waals surface area contributed by atoms with Gasteiger partial charge in [-0.3, -0.25) is 0 Å². The fourth-order valence-electron chi connectivity index (χ4n) is 1.94. The second kappa shape index (κ2) is 5.66. The Hall–Kier alpha value is -3.19. The number of nitrogens with zero attached hydrogens (tertiary/aromatic N) is 2. The molecule has 7 nitrogen and oxygen atoms in total. The molecule has 3 rings (SSSR count). The quantitative estimate of drug-likeness (QED) is 0.712. The number of aromatic hydroxyl groups is 1. The third-order valence-corrected chi connectivity index (χ3v) is 2.97. The van der Waals surface area contributed by atoms with Gasteiger partial charge in [-0.2, -0.15) is 5.90 Å². The van der Waals surface area contributed by atoms with Gasteiger partial charge in [0.25, 0.3) is 0 Å². The monoisotopic (exact) mass is 297 g/mol. The molecule has 0 atom stereocenters. The summed E-state index contributed by atoms with van der Waals surface area (Å²) in [5.41, 5.74) is 1.43. The summed E-state index contributed by atoms with van der Waals surface area (Å²) in [7, 11) is 0. The van der Waals surface area contributed by atoms with E-state index in [4.69, 9.17) is 10.3 Å². The first-order valence-electron chi connectivity index (χ1n) is 6.32. The smallest absolute Gasteiger partial charge is 0.356 e. The molecule has 1 aromatic heterocycles. The molecule has 3 aromatic rings. The van der Waals surface area contributed by atoms with Gasteiger partial charge in [-0.1, -0.05) is 12.1 Å². The van der Waals surface area contributed by atoms with Gasteiger partial charge in [-0.25, -0.2) is 4.79 Å². The summed E-state index contributed by atoms with van der Waals surface area (Å²) < 4.78 is 5.56. The highest BCUT2D eigenvalue weighted by Crippen LogP contribution is 2.26. The Kier molecular flexibility index (Phi) is 3.55. The average Bonchev–Trinajstić information content (AvgIpc) is 3.04. The van der Waals surface area contributed by atoms with E-state index in [9.17, 15) is 9.90 Å². The SMILES string of the molecule is NOC(=O)c1cccc(-c2nnc(-c3cccc(O)c3)o2)c1. The molecule has 0 aliphatic heterocycles. The molecular weight excluding hydrogens is 286 g/mol. The van der Waals surface area contributed by atoms with Crippen LogP contribution in [-0.4, -0.2) is 21.3 Å². The van der Waals surface area contributed by atoms with Crippen molar-refractivity contribution in [3.05, 3.63) is 54.1 Å². The van der Waals surface area contributed by atoms with Gasteiger partial charge < -0.3 is 14.4 Å². The third kappa shape index (κ3) is 2.65. The standard InChI is InChI=1S/C15H11N3O4/c16-22-15(20)11-5-1-3-9(7-11)13-17-18-14(21-13)10-4-2-6-12(19)8-10/h1-8,19H,16H2. The fourth-order valence-corrected chi connectivity index (χ4v) is 1.94. The molecule has 3 N–H and O–H groups in total. The lowest BCUT2D eigenvalue weighted by Gasteiger charge is -2.00. The zero-order valence-corrected chi connectivity index (χ0v) is 11.3. The van der Waals surface area contributed by atoms with Crippen LogP contribution >= 0.6 is 0 Å². The van der Waals surface area contributed by atoms with Gasteiger partial charge in [-0.05, 0) is 36.4 Å².